The van der Waals surface area contributed by atoms with Crippen molar-refractivity contribution >= 4 is 11.6 Å². The van der Waals surface area contributed by atoms with Gasteiger partial charge in [0, 0.05) is 33.2 Å². The number of aliphatic imine (C=N–C) groups is 1. The van der Waals surface area contributed by atoms with Gasteiger partial charge in [-0.1, -0.05) is 23.8 Å². The molecule has 1 aliphatic carbocycles. The number of ether oxygens (including phenoxy) is 1. The Kier molecular flexibility index (Phi) is 7.43. The van der Waals surface area contributed by atoms with E-state index in [0.717, 1.165) is 44.3 Å². The molecule has 1 fully saturated rings. The zero-order valence-electron chi connectivity index (χ0n) is 16.8. The van der Waals surface area contributed by atoms with Crippen LogP contribution >= 0.6 is 0 Å². The van der Waals surface area contributed by atoms with Crippen molar-refractivity contribution in [3.05, 3.63) is 35.9 Å². The normalized spacial score (nSPS) is 20.4. The second-order valence-electron chi connectivity index (χ2n) is 7.51. The molecule has 0 amide bonds. The van der Waals surface area contributed by atoms with Crippen LogP contribution in [0.2, 0.25) is 0 Å². The summed E-state index contributed by atoms with van der Waals surface area (Å²) in [6.07, 6.45) is 9.98. The lowest BCUT2D eigenvalue weighted by Crippen LogP contribution is -2.40. The van der Waals surface area contributed by atoms with Crippen LogP contribution in [0.1, 0.15) is 38.5 Å². The van der Waals surface area contributed by atoms with Gasteiger partial charge in [-0.2, -0.15) is 0 Å². The van der Waals surface area contributed by atoms with Crippen LogP contribution < -0.4 is 20.3 Å². The van der Waals surface area contributed by atoms with E-state index < -0.39 is 0 Å². The first-order chi connectivity index (χ1) is 13.3. The fraction of sp³-hybridized carbons (Fsp3) is 0.591. The Morgan fingerprint density at radius 1 is 1.26 bits per heavy atom. The average molecular weight is 371 g/mol. The molecule has 2 aliphatic rings. The molecule has 2 N–H and O–H groups in total. The number of anilines is 1. The molecule has 1 heterocycles. The minimum absolute atomic E-state index is 0.620. The van der Waals surface area contributed by atoms with Gasteiger partial charge in [-0.15, -0.1) is 0 Å². The highest BCUT2D eigenvalue weighted by Crippen LogP contribution is 2.31. The van der Waals surface area contributed by atoms with E-state index in [0.29, 0.717) is 5.92 Å². The van der Waals surface area contributed by atoms with Gasteiger partial charge in [0.1, 0.15) is 5.75 Å². The molecule has 5 heteroatoms. The number of allylic oxidation sites excluding steroid dienone is 1. The number of methoxy groups -OCH3 is 1. The van der Waals surface area contributed by atoms with E-state index in [2.05, 4.69) is 38.7 Å². The minimum Gasteiger partial charge on any atom is -0.495 e. The van der Waals surface area contributed by atoms with Crippen LogP contribution in [0.5, 0.6) is 5.75 Å². The maximum absolute atomic E-state index is 5.51. The predicted molar refractivity (Wildman–Crippen MR) is 114 cm³/mol. The largest absolute Gasteiger partial charge is 0.495 e. The number of nitrogens with one attached hydrogen (secondary N) is 2. The van der Waals surface area contributed by atoms with Crippen LogP contribution in [-0.2, 0) is 0 Å². The summed E-state index contributed by atoms with van der Waals surface area (Å²) in [4.78, 5) is 6.81. The van der Waals surface area contributed by atoms with Gasteiger partial charge in [0.15, 0.2) is 5.96 Å². The molecule has 0 bridgehead atoms. The lowest BCUT2D eigenvalue weighted by molar-refractivity contribution is 0.414. The SMILES string of the molecule is CN=C(NCCC1=CCCCC1)NCC1CCN(c2ccccc2OC)C1. The number of benzene rings is 1. The number of hydrogen-bond donors (Lipinski definition) is 2. The van der Waals surface area contributed by atoms with Crippen molar-refractivity contribution in [2.45, 2.75) is 38.5 Å². The Bertz CT molecular complexity index is 655. The first-order valence-corrected chi connectivity index (χ1v) is 10.3. The smallest absolute Gasteiger partial charge is 0.190 e. The molecule has 5 nitrogen and oxygen atoms in total. The van der Waals surface area contributed by atoms with Crippen LogP contribution in [0.15, 0.2) is 40.9 Å². The van der Waals surface area contributed by atoms with E-state index in [1.165, 1.54) is 37.8 Å². The molecule has 0 radical (unpaired) electrons. The van der Waals surface area contributed by atoms with Crippen molar-refractivity contribution in [3.8, 4) is 5.75 Å². The first-order valence-electron chi connectivity index (χ1n) is 10.3. The predicted octanol–water partition coefficient (Wildman–Crippen LogP) is 3.58. The fourth-order valence-corrected chi connectivity index (χ4v) is 4.04. The summed E-state index contributed by atoms with van der Waals surface area (Å²) in [5.41, 5.74) is 2.80. The molecule has 27 heavy (non-hydrogen) atoms. The number of nitrogens with zero attached hydrogens (tertiary/aromatic N) is 2. The van der Waals surface area contributed by atoms with Crippen molar-refractivity contribution in [3.63, 3.8) is 0 Å². The van der Waals surface area contributed by atoms with Crippen LogP contribution in [0, 0.1) is 5.92 Å². The van der Waals surface area contributed by atoms with E-state index in [4.69, 9.17) is 4.74 Å². The van der Waals surface area contributed by atoms with E-state index >= 15 is 0 Å². The molecule has 1 aliphatic heterocycles. The lowest BCUT2D eigenvalue weighted by Gasteiger charge is -2.21. The third kappa shape index (κ3) is 5.65. The quantitative estimate of drug-likeness (QED) is 0.438. The molecular weight excluding hydrogens is 336 g/mol. The second-order valence-corrected chi connectivity index (χ2v) is 7.51. The summed E-state index contributed by atoms with van der Waals surface area (Å²) >= 11 is 0. The Balaban J connectivity index is 1.40. The molecule has 3 rings (SSSR count). The zero-order valence-corrected chi connectivity index (χ0v) is 16.8. The highest BCUT2D eigenvalue weighted by atomic mass is 16.5. The zero-order chi connectivity index (χ0) is 18.9. The second kappa shape index (κ2) is 10.2. The van der Waals surface area contributed by atoms with Crippen molar-refractivity contribution in [2.75, 3.05) is 45.2 Å². The molecule has 0 spiro atoms. The number of para-hydroxylation sites is 2. The van der Waals surface area contributed by atoms with Gasteiger partial charge in [0.25, 0.3) is 0 Å². The van der Waals surface area contributed by atoms with Gasteiger partial charge in [0.05, 0.1) is 12.8 Å². The number of rotatable bonds is 7. The average Bonchev–Trinajstić information content (AvgIpc) is 3.20. The third-order valence-electron chi connectivity index (χ3n) is 5.62. The summed E-state index contributed by atoms with van der Waals surface area (Å²) in [5.74, 6) is 2.50. The summed E-state index contributed by atoms with van der Waals surface area (Å²) in [6.45, 7) is 4.04. The molecule has 1 saturated heterocycles. The molecule has 0 saturated carbocycles. The summed E-state index contributed by atoms with van der Waals surface area (Å²) in [5, 5.41) is 6.98. The highest BCUT2D eigenvalue weighted by molar-refractivity contribution is 5.79. The molecule has 148 valence electrons. The van der Waals surface area contributed by atoms with Crippen LogP contribution in [0.3, 0.4) is 0 Å². The molecular formula is C22H34N4O. The number of guanidine groups is 1. The highest BCUT2D eigenvalue weighted by Gasteiger charge is 2.24. The molecule has 1 aromatic rings. The van der Waals surface area contributed by atoms with E-state index in [-0.39, 0.29) is 0 Å². The van der Waals surface area contributed by atoms with Crippen molar-refractivity contribution in [1.29, 1.82) is 0 Å². The van der Waals surface area contributed by atoms with Crippen LogP contribution in [0.25, 0.3) is 0 Å². The van der Waals surface area contributed by atoms with E-state index in [9.17, 15) is 0 Å². The summed E-state index contributed by atoms with van der Waals surface area (Å²) in [7, 11) is 3.60. The monoisotopic (exact) mass is 370 g/mol. The summed E-state index contributed by atoms with van der Waals surface area (Å²) in [6, 6.07) is 8.29. The molecule has 0 aromatic heterocycles. The van der Waals surface area contributed by atoms with Gasteiger partial charge >= 0.3 is 0 Å². The van der Waals surface area contributed by atoms with Crippen molar-refractivity contribution in [1.82, 2.24) is 10.6 Å². The Morgan fingerprint density at radius 2 is 2.15 bits per heavy atom. The lowest BCUT2D eigenvalue weighted by atomic mass is 9.97. The Labute approximate surface area is 163 Å². The molecule has 1 unspecified atom stereocenters. The molecule has 1 atom stereocenters. The van der Waals surface area contributed by atoms with Gasteiger partial charge in [0.2, 0.25) is 0 Å². The van der Waals surface area contributed by atoms with Gasteiger partial charge < -0.3 is 20.3 Å². The standard InChI is InChI=1S/C22H34N4O/c1-23-22(24-14-12-18-8-4-3-5-9-18)25-16-19-13-15-26(17-19)20-10-6-7-11-21(20)27-2/h6-8,10-11,19H,3-5,9,12-17H2,1-2H3,(H2,23,24,25). The van der Waals surface area contributed by atoms with E-state index in [1.807, 2.05) is 19.2 Å². The fourth-order valence-electron chi connectivity index (χ4n) is 4.04. The van der Waals surface area contributed by atoms with E-state index in [1.54, 1.807) is 12.7 Å². The van der Waals surface area contributed by atoms with Gasteiger partial charge in [-0.25, -0.2) is 0 Å². The first kappa shape index (κ1) is 19.6. The van der Waals surface area contributed by atoms with Gasteiger partial charge in [-0.05, 0) is 56.6 Å². The van der Waals surface area contributed by atoms with Crippen LogP contribution in [-0.4, -0.2) is 46.3 Å². The van der Waals surface area contributed by atoms with Crippen molar-refractivity contribution in [2.24, 2.45) is 10.9 Å². The van der Waals surface area contributed by atoms with Crippen LogP contribution in [0.4, 0.5) is 5.69 Å². The van der Waals surface area contributed by atoms with Gasteiger partial charge in [-0.3, -0.25) is 4.99 Å². The van der Waals surface area contributed by atoms with Crippen molar-refractivity contribution < 1.29 is 4.74 Å². The third-order valence-corrected chi connectivity index (χ3v) is 5.62. The topological polar surface area (TPSA) is 48.9 Å². The minimum atomic E-state index is 0.620. The summed E-state index contributed by atoms with van der Waals surface area (Å²) < 4.78 is 5.51. The number of hydrogen-bond acceptors (Lipinski definition) is 3. The maximum Gasteiger partial charge on any atom is 0.190 e. The Morgan fingerprint density at radius 3 is 2.93 bits per heavy atom. The maximum atomic E-state index is 5.51. The Hall–Kier alpha value is -2.17. The molecule has 1 aromatic carbocycles.